The summed E-state index contributed by atoms with van der Waals surface area (Å²) >= 11 is 0. The van der Waals surface area contributed by atoms with Crippen LogP contribution in [0.1, 0.15) is 16.7 Å². The maximum absolute atomic E-state index is 10.8. The topological polar surface area (TPSA) is 69.1 Å². The largest absolute Gasteiger partial charge is 0.368 e. The van der Waals surface area contributed by atoms with Gasteiger partial charge in [0.25, 0.3) is 0 Å². The van der Waals surface area contributed by atoms with Crippen LogP contribution in [0.4, 0.5) is 0 Å². The molecule has 0 bridgehead atoms. The summed E-state index contributed by atoms with van der Waals surface area (Å²) < 4.78 is 0. The van der Waals surface area contributed by atoms with Crippen molar-refractivity contribution >= 4 is 12.0 Å². The summed E-state index contributed by atoms with van der Waals surface area (Å²) in [5.41, 5.74) is 14.2. The molecule has 102 valence electrons. The van der Waals surface area contributed by atoms with E-state index in [-0.39, 0.29) is 0 Å². The number of carbonyl (C=O) groups excluding carboxylic acids is 1. The number of benzene rings is 2. The van der Waals surface area contributed by atoms with Crippen molar-refractivity contribution in [3.63, 3.8) is 0 Å². The van der Waals surface area contributed by atoms with Crippen LogP contribution in [0, 0.1) is 0 Å². The van der Waals surface area contributed by atoms with Gasteiger partial charge < -0.3 is 11.5 Å². The van der Waals surface area contributed by atoms with Crippen molar-refractivity contribution in [2.45, 2.75) is 12.5 Å². The first kappa shape index (κ1) is 14.0. The lowest BCUT2D eigenvalue weighted by molar-refractivity contribution is -0.118. The predicted molar refractivity (Wildman–Crippen MR) is 81.9 cm³/mol. The summed E-state index contributed by atoms with van der Waals surface area (Å²) in [4.78, 5) is 10.8. The Morgan fingerprint density at radius 2 is 1.60 bits per heavy atom. The van der Waals surface area contributed by atoms with Gasteiger partial charge in [0.15, 0.2) is 0 Å². The smallest absolute Gasteiger partial charge is 0.238 e. The Bertz CT molecular complexity index is 588. The van der Waals surface area contributed by atoms with Gasteiger partial charge in [-0.2, -0.15) is 0 Å². The summed E-state index contributed by atoms with van der Waals surface area (Å²) in [6.07, 6.45) is 4.32. The molecular weight excluding hydrogens is 248 g/mol. The van der Waals surface area contributed by atoms with Crippen LogP contribution in [0.25, 0.3) is 6.08 Å². The van der Waals surface area contributed by atoms with Crippen molar-refractivity contribution in [2.24, 2.45) is 11.5 Å². The lowest BCUT2D eigenvalue weighted by Gasteiger charge is -2.03. The van der Waals surface area contributed by atoms with Crippen molar-refractivity contribution in [1.82, 2.24) is 0 Å². The molecule has 0 aliphatic carbocycles. The molecule has 0 aliphatic heterocycles. The molecule has 0 fully saturated rings. The molecule has 0 radical (unpaired) electrons. The number of hydrogen-bond donors (Lipinski definition) is 2. The van der Waals surface area contributed by atoms with E-state index in [0.717, 1.165) is 12.0 Å². The summed E-state index contributed by atoms with van der Waals surface area (Å²) in [5, 5.41) is 0. The van der Waals surface area contributed by atoms with Crippen LogP contribution in [0.5, 0.6) is 0 Å². The van der Waals surface area contributed by atoms with E-state index in [2.05, 4.69) is 24.3 Å². The second-order valence-corrected chi connectivity index (χ2v) is 4.69. The highest BCUT2D eigenvalue weighted by molar-refractivity contribution is 5.82. The van der Waals surface area contributed by atoms with E-state index in [9.17, 15) is 4.79 Å². The highest BCUT2D eigenvalue weighted by Crippen LogP contribution is 2.11. The summed E-state index contributed by atoms with van der Waals surface area (Å²) in [5.74, 6) is -0.526. The number of nitrogens with two attached hydrogens (primary N) is 2. The minimum absolute atomic E-state index is 0.526. The van der Waals surface area contributed by atoms with Crippen LogP contribution in [-0.4, -0.2) is 11.9 Å². The molecule has 0 saturated heterocycles. The van der Waals surface area contributed by atoms with E-state index in [1.165, 1.54) is 11.1 Å². The van der Waals surface area contributed by atoms with E-state index >= 15 is 0 Å². The molecule has 0 spiro atoms. The molecule has 4 N–H and O–H groups in total. The highest BCUT2D eigenvalue weighted by Gasteiger charge is 2.03. The molecule has 2 aromatic carbocycles. The van der Waals surface area contributed by atoms with E-state index in [1.54, 1.807) is 6.08 Å². The van der Waals surface area contributed by atoms with E-state index in [1.807, 2.05) is 36.4 Å². The van der Waals surface area contributed by atoms with Gasteiger partial charge in [-0.1, -0.05) is 66.7 Å². The number of amides is 1. The van der Waals surface area contributed by atoms with Gasteiger partial charge >= 0.3 is 0 Å². The molecule has 1 amide bonds. The van der Waals surface area contributed by atoms with E-state index in [0.29, 0.717) is 0 Å². The zero-order valence-corrected chi connectivity index (χ0v) is 11.2. The van der Waals surface area contributed by atoms with E-state index < -0.39 is 11.9 Å². The second kappa shape index (κ2) is 6.68. The molecular formula is C17H18N2O. The third-order valence-electron chi connectivity index (χ3n) is 3.06. The van der Waals surface area contributed by atoms with Crippen LogP contribution in [-0.2, 0) is 11.2 Å². The molecule has 2 aromatic rings. The van der Waals surface area contributed by atoms with Gasteiger partial charge in [0.1, 0.15) is 6.04 Å². The minimum atomic E-state index is -0.737. The summed E-state index contributed by atoms with van der Waals surface area (Å²) in [6, 6.07) is 17.7. The zero-order chi connectivity index (χ0) is 14.4. The molecule has 0 heterocycles. The minimum Gasteiger partial charge on any atom is -0.368 e. The molecule has 3 heteroatoms. The molecule has 0 aromatic heterocycles. The average Bonchev–Trinajstić information content (AvgIpc) is 2.47. The maximum Gasteiger partial charge on any atom is 0.238 e. The van der Waals surface area contributed by atoms with Crippen LogP contribution < -0.4 is 11.5 Å². The van der Waals surface area contributed by atoms with Gasteiger partial charge in [-0.25, -0.2) is 0 Å². The van der Waals surface area contributed by atoms with Gasteiger partial charge in [0.05, 0.1) is 0 Å². The summed E-state index contributed by atoms with van der Waals surface area (Å²) in [7, 11) is 0. The number of hydrogen-bond acceptors (Lipinski definition) is 2. The van der Waals surface area contributed by atoms with Gasteiger partial charge in [-0.05, 0) is 23.1 Å². The van der Waals surface area contributed by atoms with E-state index in [4.69, 9.17) is 11.5 Å². The standard InChI is InChI=1S/C17H18N2O/c18-16(17(19)20)11-10-13-6-8-15(9-7-13)12-14-4-2-1-3-5-14/h1-11,16H,12,18H2,(H2,19,20). The first-order valence-corrected chi connectivity index (χ1v) is 6.51. The second-order valence-electron chi connectivity index (χ2n) is 4.69. The van der Waals surface area contributed by atoms with Gasteiger partial charge in [-0.15, -0.1) is 0 Å². The van der Waals surface area contributed by atoms with Gasteiger partial charge in [-0.3, -0.25) is 4.79 Å². The normalized spacial score (nSPS) is 12.4. The average molecular weight is 266 g/mol. The first-order valence-electron chi connectivity index (χ1n) is 6.51. The van der Waals surface area contributed by atoms with Crippen LogP contribution >= 0.6 is 0 Å². The Hall–Kier alpha value is -2.39. The molecule has 0 aliphatic rings. The lowest BCUT2D eigenvalue weighted by Crippen LogP contribution is -2.34. The third-order valence-corrected chi connectivity index (χ3v) is 3.06. The number of carbonyl (C=O) groups is 1. The number of rotatable bonds is 5. The van der Waals surface area contributed by atoms with Crippen LogP contribution in [0.15, 0.2) is 60.7 Å². The SMILES string of the molecule is NC(=O)C(N)C=Cc1ccc(Cc2ccccc2)cc1. The Kier molecular flexibility index (Phi) is 4.69. The third kappa shape index (κ3) is 4.07. The quantitative estimate of drug-likeness (QED) is 0.870. The molecule has 1 atom stereocenters. The molecule has 1 unspecified atom stereocenters. The Labute approximate surface area is 118 Å². The van der Waals surface area contributed by atoms with Crippen molar-refractivity contribution < 1.29 is 4.79 Å². The fraction of sp³-hybridized carbons (Fsp3) is 0.118. The molecule has 3 nitrogen and oxygen atoms in total. The Balaban J connectivity index is 2.01. The first-order chi connectivity index (χ1) is 9.65. The maximum atomic E-state index is 10.8. The zero-order valence-electron chi connectivity index (χ0n) is 11.2. The lowest BCUT2D eigenvalue weighted by atomic mass is 10.0. The molecule has 2 rings (SSSR count). The molecule has 20 heavy (non-hydrogen) atoms. The van der Waals surface area contributed by atoms with Gasteiger partial charge in [0.2, 0.25) is 5.91 Å². The fourth-order valence-corrected chi connectivity index (χ4v) is 1.89. The van der Waals surface area contributed by atoms with Crippen LogP contribution in [0.2, 0.25) is 0 Å². The van der Waals surface area contributed by atoms with Crippen molar-refractivity contribution in [1.29, 1.82) is 0 Å². The van der Waals surface area contributed by atoms with Crippen molar-refractivity contribution in [3.05, 3.63) is 77.4 Å². The molecule has 0 saturated carbocycles. The Morgan fingerprint density at radius 1 is 1.00 bits per heavy atom. The monoisotopic (exact) mass is 266 g/mol. The fourth-order valence-electron chi connectivity index (χ4n) is 1.89. The summed E-state index contributed by atoms with van der Waals surface area (Å²) in [6.45, 7) is 0. The predicted octanol–water partition coefficient (Wildman–Crippen LogP) is 2.10. The highest BCUT2D eigenvalue weighted by atomic mass is 16.1. The Morgan fingerprint density at radius 3 is 2.20 bits per heavy atom. The van der Waals surface area contributed by atoms with Crippen LogP contribution in [0.3, 0.4) is 0 Å². The van der Waals surface area contributed by atoms with Crippen molar-refractivity contribution in [3.8, 4) is 0 Å². The van der Waals surface area contributed by atoms with Crippen molar-refractivity contribution in [2.75, 3.05) is 0 Å². The number of primary amides is 1. The van der Waals surface area contributed by atoms with Gasteiger partial charge in [0, 0.05) is 0 Å².